The Morgan fingerprint density at radius 1 is 1.00 bits per heavy atom. The maximum Gasteiger partial charge on any atom is 0.220 e. The Balaban J connectivity index is 3.30. The summed E-state index contributed by atoms with van der Waals surface area (Å²) in [5, 5.41) is 21.1. The zero-order valence-corrected chi connectivity index (χ0v) is 15.6. The molecule has 0 radical (unpaired) electrons. The first-order valence-electron chi connectivity index (χ1n) is 9.91. The number of hydrogen-bond donors (Lipinski definition) is 3. The minimum absolute atomic E-state index is 0.00907. The number of hydrogen-bond acceptors (Lipinski definition) is 3. The van der Waals surface area contributed by atoms with E-state index in [9.17, 15) is 9.90 Å². The van der Waals surface area contributed by atoms with E-state index in [1.807, 2.05) is 0 Å². The molecule has 0 bridgehead atoms. The number of aliphatic hydroxyl groups is 2. The molecule has 0 heterocycles. The smallest absolute Gasteiger partial charge is 0.220 e. The lowest BCUT2D eigenvalue weighted by Gasteiger charge is -2.07. The zero-order valence-electron chi connectivity index (χ0n) is 15.6. The van der Waals surface area contributed by atoms with E-state index in [0.717, 1.165) is 38.5 Å². The summed E-state index contributed by atoms with van der Waals surface area (Å²) in [7, 11) is 0. The molecule has 3 N–H and O–H groups in total. The fourth-order valence-electron chi connectivity index (χ4n) is 2.66. The minimum atomic E-state index is -0.171. The Bertz CT molecular complexity index is 305. The lowest BCUT2D eigenvalue weighted by Crippen LogP contribution is -2.25. The Kier molecular flexibility index (Phi) is 17.8. The summed E-state index contributed by atoms with van der Waals surface area (Å²) in [6, 6.07) is 0. The fourth-order valence-corrected chi connectivity index (χ4v) is 2.66. The van der Waals surface area contributed by atoms with Crippen molar-refractivity contribution in [1.82, 2.24) is 5.32 Å². The molecule has 0 aliphatic heterocycles. The summed E-state index contributed by atoms with van der Waals surface area (Å²) < 4.78 is 0. The molecule has 0 spiro atoms. The lowest BCUT2D eigenvalue weighted by molar-refractivity contribution is -0.121. The van der Waals surface area contributed by atoms with Crippen LogP contribution in [0.4, 0.5) is 0 Å². The number of unbranched alkanes of at least 4 members (excludes halogenated alkanes) is 8. The van der Waals surface area contributed by atoms with Crippen LogP contribution in [0.25, 0.3) is 0 Å². The van der Waals surface area contributed by atoms with Crippen molar-refractivity contribution in [1.29, 1.82) is 0 Å². The van der Waals surface area contributed by atoms with Gasteiger partial charge in [-0.2, -0.15) is 0 Å². The maximum atomic E-state index is 11.3. The average molecular weight is 342 g/mol. The van der Waals surface area contributed by atoms with Crippen LogP contribution in [0.15, 0.2) is 12.2 Å². The molecule has 0 aromatic carbocycles. The van der Waals surface area contributed by atoms with Crippen molar-refractivity contribution in [2.24, 2.45) is 0 Å². The van der Waals surface area contributed by atoms with Crippen molar-refractivity contribution in [3.63, 3.8) is 0 Å². The van der Waals surface area contributed by atoms with Gasteiger partial charge in [0.15, 0.2) is 0 Å². The molecule has 1 atom stereocenters. The standard InChI is InChI=1S/C20H39NO3/c1-2-3-4-11-14-19(23)15-12-9-7-5-6-8-10-13-16-20(24)21-17-18-22/h9,12,19,22-23H,2-8,10-11,13-18H2,1H3,(H,21,24)/b12-9+. The van der Waals surface area contributed by atoms with E-state index in [0.29, 0.717) is 13.0 Å². The number of nitrogens with one attached hydrogen (secondary N) is 1. The van der Waals surface area contributed by atoms with Crippen LogP contribution >= 0.6 is 0 Å². The van der Waals surface area contributed by atoms with E-state index >= 15 is 0 Å². The SMILES string of the molecule is CCCCCCC(O)C/C=C/CCCCCCCC(=O)NCCO. The molecule has 0 rings (SSSR count). The van der Waals surface area contributed by atoms with Crippen molar-refractivity contribution < 1.29 is 15.0 Å². The number of carbonyl (C=O) groups excluding carboxylic acids is 1. The number of aliphatic hydroxyl groups excluding tert-OH is 2. The summed E-state index contributed by atoms with van der Waals surface area (Å²) >= 11 is 0. The highest BCUT2D eigenvalue weighted by atomic mass is 16.3. The third kappa shape index (κ3) is 17.5. The largest absolute Gasteiger partial charge is 0.395 e. The predicted molar refractivity (Wildman–Crippen MR) is 101 cm³/mol. The second-order valence-electron chi connectivity index (χ2n) is 6.59. The molecule has 0 aromatic heterocycles. The fraction of sp³-hybridized carbons (Fsp3) is 0.850. The monoisotopic (exact) mass is 341 g/mol. The highest BCUT2D eigenvalue weighted by Crippen LogP contribution is 2.10. The van der Waals surface area contributed by atoms with Gasteiger partial charge in [-0.3, -0.25) is 4.79 Å². The molecule has 0 fully saturated rings. The summed E-state index contributed by atoms with van der Waals surface area (Å²) in [5.41, 5.74) is 0. The van der Waals surface area contributed by atoms with E-state index < -0.39 is 0 Å². The van der Waals surface area contributed by atoms with Gasteiger partial charge in [-0.25, -0.2) is 0 Å². The number of carbonyl (C=O) groups is 1. The van der Waals surface area contributed by atoms with Crippen molar-refractivity contribution in [2.45, 2.75) is 96.5 Å². The van der Waals surface area contributed by atoms with E-state index in [4.69, 9.17) is 5.11 Å². The molecule has 0 aliphatic rings. The van der Waals surface area contributed by atoms with Crippen LogP contribution in [-0.2, 0) is 4.79 Å². The summed E-state index contributed by atoms with van der Waals surface area (Å²) in [5.74, 6) is 0.0419. The van der Waals surface area contributed by atoms with Gasteiger partial charge < -0.3 is 15.5 Å². The second-order valence-corrected chi connectivity index (χ2v) is 6.59. The zero-order chi connectivity index (χ0) is 17.9. The quantitative estimate of drug-likeness (QED) is 0.275. The first-order valence-corrected chi connectivity index (χ1v) is 9.91. The topological polar surface area (TPSA) is 69.6 Å². The van der Waals surface area contributed by atoms with Crippen molar-refractivity contribution in [3.8, 4) is 0 Å². The lowest BCUT2D eigenvalue weighted by atomic mass is 10.1. The maximum absolute atomic E-state index is 11.3. The third-order valence-electron chi connectivity index (χ3n) is 4.17. The van der Waals surface area contributed by atoms with Crippen LogP contribution in [-0.4, -0.2) is 35.4 Å². The molecule has 4 heteroatoms. The van der Waals surface area contributed by atoms with Crippen LogP contribution in [0.2, 0.25) is 0 Å². The Morgan fingerprint density at radius 2 is 1.71 bits per heavy atom. The third-order valence-corrected chi connectivity index (χ3v) is 4.17. The molecule has 1 unspecified atom stereocenters. The van der Waals surface area contributed by atoms with Gasteiger partial charge in [-0.1, -0.05) is 64.0 Å². The summed E-state index contributed by atoms with van der Waals surface area (Å²) in [6.45, 7) is 2.57. The normalized spacial score (nSPS) is 12.6. The van der Waals surface area contributed by atoms with Gasteiger partial charge in [0, 0.05) is 13.0 Å². The van der Waals surface area contributed by atoms with E-state index in [2.05, 4.69) is 24.4 Å². The van der Waals surface area contributed by atoms with Crippen LogP contribution in [0.3, 0.4) is 0 Å². The molecule has 0 aliphatic carbocycles. The van der Waals surface area contributed by atoms with Gasteiger partial charge in [0.05, 0.1) is 12.7 Å². The first kappa shape index (κ1) is 23.1. The molecule has 142 valence electrons. The summed E-state index contributed by atoms with van der Waals surface area (Å²) in [6.07, 6.45) is 18.0. The van der Waals surface area contributed by atoms with E-state index in [1.54, 1.807) is 0 Å². The Morgan fingerprint density at radius 3 is 2.46 bits per heavy atom. The van der Waals surface area contributed by atoms with Gasteiger partial charge in [-0.05, 0) is 32.1 Å². The van der Waals surface area contributed by atoms with Crippen LogP contribution in [0.5, 0.6) is 0 Å². The Hall–Kier alpha value is -0.870. The molecule has 0 saturated heterocycles. The number of allylic oxidation sites excluding steroid dienone is 1. The average Bonchev–Trinajstić information content (AvgIpc) is 2.58. The van der Waals surface area contributed by atoms with Crippen LogP contribution in [0, 0.1) is 0 Å². The van der Waals surface area contributed by atoms with E-state index in [-0.39, 0.29) is 18.6 Å². The molecule has 1 amide bonds. The summed E-state index contributed by atoms with van der Waals surface area (Å²) in [4.78, 5) is 11.3. The first-order chi connectivity index (χ1) is 11.7. The van der Waals surface area contributed by atoms with Crippen LogP contribution < -0.4 is 5.32 Å². The predicted octanol–water partition coefficient (Wildman–Crippen LogP) is 4.10. The minimum Gasteiger partial charge on any atom is -0.395 e. The second kappa shape index (κ2) is 18.5. The van der Waals surface area contributed by atoms with Crippen LogP contribution in [0.1, 0.15) is 90.4 Å². The molecular formula is C20H39NO3. The van der Waals surface area contributed by atoms with Gasteiger partial charge in [0.2, 0.25) is 5.91 Å². The van der Waals surface area contributed by atoms with Gasteiger partial charge in [0.25, 0.3) is 0 Å². The van der Waals surface area contributed by atoms with E-state index in [1.165, 1.54) is 38.5 Å². The molecule has 24 heavy (non-hydrogen) atoms. The Labute approximate surface area is 148 Å². The molecule has 0 saturated carbocycles. The van der Waals surface area contributed by atoms with Gasteiger partial charge in [0.1, 0.15) is 0 Å². The van der Waals surface area contributed by atoms with Gasteiger partial charge in [-0.15, -0.1) is 0 Å². The highest BCUT2D eigenvalue weighted by molar-refractivity contribution is 5.75. The number of rotatable bonds is 17. The van der Waals surface area contributed by atoms with Gasteiger partial charge >= 0.3 is 0 Å². The van der Waals surface area contributed by atoms with Crippen molar-refractivity contribution in [2.75, 3.05) is 13.2 Å². The van der Waals surface area contributed by atoms with Crippen molar-refractivity contribution >= 4 is 5.91 Å². The van der Waals surface area contributed by atoms with Crippen molar-refractivity contribution in [3.05, 3.63) is 12.2 Å². The number of amides is 1. The molecule has 4 nitrogen and oxygen atoms in total. The molecular weight excluding hydrogens is 302 g/mol. The highest BCUT2D eigenvalue weighted by Gasteiger charge is 2.01. The molecule has 0 aromatic rings.